The van der Waals surface area contributed by atoms with Crippen molar-refractivity contribution in [2.75, 3.05) is 86.1 Å². The lowest BCUT2D eigenvalue weighted by Gasteiger charge is -2.43. The number of nitrogens with zero attached hydrogens (tertiary/aromatic N) is 10. The summed E-state index contributed by atoms with van der Waals surface area (Å²) in [5.74, 6) is 0.331. The van der Waals surface area contributed by atoms with Gasteiger partial charge < -0.3 is 25.5 Å². The van der Waals surface area contributed by atoms with Gasteiger partial charge in [-0.1, -0.05) is 4.67 Å². The summed E-state index contributed by atoms with van der Waals surface area (Å²) in [6, 6.07) is 1.53. The fourth-order valence-electron chi connectivity index (χ4n) is 5.11. The van der Waals surface area contributed by atoms with Crippen LogP contribution in [0.2, 0.25) is 0 Å². The van der Waals surface area contributed by atoms with Gasteiger partial charge in [-0.2, -0.15) is 4.98 Å². The van der Waals surface area contributed by atoms with Crippen molar-refractivity contribution in [2.24, 2.45) is 0 Å². The molecule has 45 heavy (non-hydrogen) atoms. The van der Waals surface area contributed by atoms with Gasteiger partial charge in [0.2, 0.25) is 0 Å². The van der Waals surface area contributed by atoms with Crippen molar-refractivity contribution in [3.63, 3.8) is 0 Å². The number of aromatic nitrogens is 6. The van der Waals surface area contributed by atoms with E-state index >= 15 is 0 Å². The lowest BCUT2D eigenvalue weighted by atomic mass is 10.3. The number of rotatable bonds is 11. The van der Waals surface area contributed by atoms with E-state index in [0.717, 1.165) is 0 Å². The van der Waals surface area contributed by atoms with E-state index in [4.69, 9.17) is 30.0 Å². The molecule has 0 radical (unpaired) electrons. The first-order chi connectivity index (χ1) is 21.4. The predicted molar refractivity (Wildman–Crippen MR) is 164 cm³/mol. The number of morpholine rings is 2. The van der Waals surface area contributed by atoms with Crippen LogP contribution in [-0.4, -0.2) is 135 Å². The molecule has 0 spiro atoms. The summed E-state index contributed by atoms with van der Waals surface area (Å²) in [5, 5.41) is 0. The molecule has 2 aliphatic rings. The highest BCUT2D eigenvalue weighted by molar-refractivity contribution is 7.53. The van der Waals surface area contributed by atoms with Crippen LogP contribution in [0.25, 0.3) is 11.2 Å². The monoisotopic (exact) mass is 669 g/mol. The Kier molecular flexibility index (Phi) is 10.2. The summed E-state index contributed by atoms with van der Waals surface area (Å²) in [5.41, 5.74) is 12.0. The maximum Gasteiger partial charge on any atom is 0.615 e. The minimum atomic E-state index is -3.71. The average molecular weight is 670 g/mol. The maximum absolute atomic E-state index is 14.7. The van der Waals surface area contributed by atoms with Crippen molar-refractivity contribution >= 4 is 38.6 Å². The van der Waals surface area contributed by atoms with Gasteiger partial charge in [0.05, 0.1) is 25.6 Å². The number of anilines is 2. The number of nitrogen functional groups attached to an aromatic ring is 2. The van der Waals surface area contributed by atoms with E-state index in [0.29, 0.717) is 24.3 Å². The van der Waals surface area contributed by atoms with Gasteiger partial charge >= 0.3 is 21.5 Å². The number of fused-ring (bicyclic) bond motifs is 1. The van der Waals surface area contributed by atoms with Gasteiger partial charge in [0.25, 0.3) is 0 Å². The van der Waals surface area contributed by atoms with Crippen LogP contribution in [0.4, 0.5) is 11.6 Å². The van der Waals surface area contributed by atoms with E-state index in [2.05, 4.69) is 19.9 Å². The highest BCUT2D eigenvalue weighted by atomic mass is 31.2. The van der Waals surface area contributed by atoms with Crippen molar-refractivity contribution in [1.29, 1.82) is 0 Å². The topological polar surface area (TPSA) is 215 Å². The number of hydrogen-bond donors (Lipinski definition) is 2. The standard InChI is InChI=1S/C24H38N12O7P2/c1-31(2)44(38)40-12-17-9-34(11-20(43-17)36-15-29-21-22(26)27-14-28-23(21)36)45(39,32(3)4)41-13-16-8-33(5)10-19(42-16)35-7-6-18(25)30-24(35)37/h6-7,14-17,19-20H,8-13H2,1-5H3,(H3-,25,26,27,28,30,37)/p+1. The highest BCUT2D eigenvalue weighted by Gasteiger charge is 2.44. The molecule has 19 nitrogen and oxygen atoms in total. The molecule has 246 valence electrons. The van der Waals surface area contributed by atoms with Crippen molar-refractivity contribution in [3.8, 4) is 0 Å². The van der Waals surface area contributed by atoms with Crippen molar-refractivity contribution < 1.29 is 27.7 Å². The van der Waals surface area contributed by atoms with Crippen LogP contribution in [0.3, 0.4) is 0 Å². The SMILES string of the molecule is CN1CC(COP(=O)(N(C)C)N2CC(CO[P+](=O)N(C)C)OC(n3cnc4c(N)ncnc43)C2)OC(n2ccc(N)nc2=O)C1. The largest absolute Gasteiger partial charge is 0.615 e. The highest BCUT2D eigenvalue weighted by Crippen LogP contribution is 2.54. The Morgan fingerprint density at radius 2 is 1.73 bits per heavy atom. The van der Waals surface area contributed by atoms with Crippen molar-refractivity contribution in [1.82, 2.24) is 48.0 Å². The zero-order valence-electron chi connectivity index (χ0n) is 25.7. The fraction of sp³-hybridized carbons (Fsp3) is 0.625. The van der Waals surface area contributed by atoms with E-state index in [9.17, 15) is 13.9 Å². The molecule has 2 aliphatic heterocycles. The van der Waals surface area contributed by atoms with Gasteiger partial charge in [-0.15, -0.1) is 4.52 Å². The Labute approximate surface area is 260 Å². The average Bonchev–Trinajstić information content (AvgIpc) is 3.43. The molecule has 6 unspecified atom stereocenters. The second-order valence-electron chi connectivity index (χ2n) is 11.2. The Hall–Kier alpha value is -2.96. The minimum Gasteiger partial charge on any atom is -0.383 e. The van der Waals surface area contributed by atoms with E-state index in [-0.39, 0.29) is 37.9 Å². The smallest absolute Gasteiger partial charge is 0.383 e. The van der Waals surface area contributed by atoms with Gasteiger partial charge in [-0.05, 0) is 31.8 Å². The summed E-state index contributed by atoms with van der Waals surface area (Å²) in [6.45, 7) is 1.10. The molecule has 2 fully saturated rings. The summed E-state index contributed by atoms with van der Waals surface area (Å²) in [4.78, 5) is 30.9. The summed E-state index contributed by atoms with van der Waals surface area (Å²) >= 11 is 0. The maximum atomic E-state index is 14.7. The normalized spacial score (nSPS) is 25.2. The van der Waals surface area contributed by atoms with Crippen LogP contribution in [0.1, 0.15) is 12.5 Å². The van der Waals surface area contributed by atoms with Crippen LogP contribution < -0.4 is 17.2 Å². The Morgan fingerprint density at radius 1 is 1.02 bits per heavy atom. The molecule has 21 heteroatoms. The third-order valence-corrected chi connectivity index (χ3v) is 10.9. The van der Waals surface area contributed by atoms with Crippen LogP contribution >= 0.6 is 15.8 Å². The Morgan fingerprint density at radius 3 is 2.42 bits per heavy atom. The molecule has 0 saturated carbocycles. The van der Waals surface area contributed by atoms with Crippen molar-refractivity contribution in [2.45, 2.75) is 24.7 Å². The van der Waals surface area contributed by atoms with Crippen molar-refractivity contribution in [3.05, 3.63) is 35.4 Å². The minimum absolute atomic E-state index is 0.0408. The second-order valence-corrected chi connectivity index (χ2v) is 15.3. The predicted octanol–water partition coefficient (Wildman–Crippen LogP) is 0.198. The lowest BCUT2D eigenvalue weighted by molar-refractivity contribution is -0.132. The first-order valence-electron chi connectivity index (χ1n) is 14.1. The van der Waals surface area contributed by atoms with Crippen LogP contribution in [0, 0.1) is 0 Å². The Bertz CT molecular complexity index is 1620. The van der Waals surface area contributed by atoms with Gasteiger partial charge in [0.15, 0.2) is 17.7 Å². The first kappa shape index (κ1) is 33.4. The molecule has 0 aromatic carbocycles. The number of nitrogens with two attached hydrogens (primary N) is 2. The van der Waals surface area contributed by atoms with E-state index in [1.807, 2.05) is 11.9 Å². The van der Waals surface area contributed by atoms with E-state index in [1.165, 1.54) is 38.8 Å². The molecule has 4 N–H and O–H groups in total. The number of imidazole rings is 1. The fourth-order valence-corrected chi connectivity index (χ4v) is 7.63. The molecule has 0 aliphatic carbocycles. The summed E-state index contributed by atoms with van der Waals surface area (Å²) < 4.78 is 59.2. The number of ether oxygens (including phenoxy) is 2. The van der Waals surface area contributed by atoms with Gasteiger partial charge in [0.1, 0.15) is 36.6 Å². The lowest BCUT2D eigenvalue weighted by Crippen LogP contribution is -2.49. The number of likely N-dealkylation sites (N-methyl/N-ethyl adjacent to an activating group) is 1. The quantitative estimate of drug-likeness (QED) is 0.261. The van der Waals surface area contributed by atoms with Crippen LogP contribution in [0.15, 0.2) is 29.7 Å². The zero-order chi connectivity index (χ0) is 32.5. The molecule has 2 saturated heterocycles. The molecule has 3 aromatic heterocycles. The van der Waals surface area contributed by atoms with E-state index in [1.54, 1.807) is 37.4 Å². The van der Waals surface area contributed by atoms with Gasteiger partial charge in [0, 0.05) is 39.9 Å². The third-order valence-electron chi connectivity index (χ3n) is 7.31. The zero-order valence-corrected chi connectivity index (χ0v) is 27.5. The second kappa shape index (κ2) is 13.8. The molecular weight excluding hydrogens is 630 g/mol. The molecule has 3 aromatic rings. The third kappa shape index (κ3) is 7.38. The Balaban J connectivity index is 1.37. The van der Waals surface area contributed by atoms with Crippen LogP contribution in [-0.2, 0) is 27.7 Å². The molecule has 5 rings (SSSR count). The van der Waals surface area contributed by atoms with E-state index < -0.39 is 46.2 Å². The molecule has 5 heterocycles. The van der Waals surface area contributed by atoms with Crippen LogP contribution in [0.5, 0.6) is 0 Å². The van der Waals surface area contributed by atoms with Gasteiger partial charge in [-0.25, -0.2) is 29.1 Å². The first-order valence-corrected chi connectivity index (χ1v) is 16.7. The molecule has 0 amide bonds. The summed E-state index contributed by atoms with van der Waals surface area (Å²) in [6.07, 6.45) is 1.85. The molecule has 0 bridgehead atoms. The van der Waals surface area contributed by atoms with Gasteiger partial charge in [-0.3, -0.25) is 18.6 Å². The molecular formula is C24H39N12O7P2+. The number of hydrogen-bond acceptors (Lipinski definition) is 14. The molecule has 6 atom stereocenters. The summed E-state index contributed by atoms with van der Waals surface area (Å²) in [7, 11) is 2.69.